The molecule has 1 atom stereocenters. The zero-order valence-corrected chi connectivity index (χ0v) is 10.3. The predicted molar refractivity (Wildman–Crippen MR) is 66.4 cm³/mol. The Bertz CT molecular complexity index is 341. The van der Waals surface area contributed by atoms with Crippen LogP contribution in [-0.2, 0) is 0 Å². The molecule has 0 bridgehead atoms. The van der Waals surface area contributed by atoms with E-state index in [9.17, 15) is 0 Å². The number of rotatable bonds is 1. The molecule has 1 fully saturated rings. The molecule has 0 aliphatic heterocycles. The van der Waals surface area contributed by atoms with E-state index < -0.39 is 0 Å². The van der Waals surface area contributed by atoms with E-state index in [0.717, 1.165) is 5.02 Å². The molecular formula is C14H19Cl. The molecule has 1 saturated carbocycles. The fourth-order valence-corrected chi connectivity index (χ4v) is 2.94. The summed E-state index contributed by atoms with van der Waals surface area (Å²) in [6, 6.07) is 8.38. The van der Waals surface area contributed by atoms with Crippen LogP contribution in [0.5, 0.6) is 0 Å². The first-order valence-electron chi connectivity index (χ1n) is 5.82. The van der Waals surface area contributed by atoms with Gasteiger partial charge in [0.1, 0.15) is 0 Å². The second-order valence-electron chi connectivity index (χ2n) is 5.51. The van der Waals surface area contributed by atoms with Gasteiger partial charge in [-0.1, -0.05) is 44.0 Å². The summed E-state index contributed by atoms with van der Waals surface area (Å²) in [5.41, 5.74) is 1.93. The highest BCUT2D eigenvalue weighted by atomic mass is 35.5. The highest BCUT2D eigenvalue weighted by molar-refractivity contribution is 6.30. The summed E-state index contributed by atoms with van der Waals surface area (Å²) < 4.78 is 0. The first-order valence-corrected chi connectivity index (χ1v) is 6.20. The van der Waals surface area contributed by atoms with E-state index in [0.29, 0.717) is 11.3 Å². The van der Waals surface area contributed by atoms with E-state index in [1.54, 1.807) is 0 Å². The molecule has 0 amide bonds. The topological polar surface area (TPSA) is 0 Å². The molecule has 0 aromatic heterocycles. The zero-order chi connectivity index (χ0) is 10.9. The van der Waals surface area contributed by atoms with Crippen molar-refractivity contribution in [2.75, 3.05) is 0 Å². The average Bonchev–Trinajstić information content (AvgIpc) is 2.16. The minimum absolute atomic E-state index is 0.505. The molecule has 1 unspecified atom stereocenters. The van der Waals surface area contributed by atoms with Gasteiger partial charge in [-0.25, -0.2) is 0 Å². The summed E-state index contributed by atoms with van der Waals surface area (Å²) in [4.78, 5) is 0. The molecule has 1 aromatic carbocycles. The van der Waals surface area contributed by atoms with Crippen LogP contribution in [0.1, 0.15) is 51.0 Å². The third-order valence-electron chi connectivity index (χ3n) is 3.53. The second-order valence-corrected chi connectivity index (χ2v) is 5.95. The maximum absolute atomic E-state index is 6.04. The van der Waals surface area contributed by atoms with Crippen LogP contribution in [0.2, 0.25) is 5.02 Å². The van der Waals surface area contributed by atoms with Crippen molar-refractivity contribution in [3.05, 3.63) is 34.9 Å². The molecule has 1 aliphatic carbocycles. The summed E-state index contributed by atoms with van der Waals surface area (Å²) in [6.45, 7) is 4.76. The van der Waals surface area contributed by atoms with Gasteiger partial charge in [-0.15, -0.1) is 0 Å². The van der Waals surface area contributed by atoms with Gasteiger partial charge in [0.2, 0.25) is 0 Å². The molecule has 0 spiro atoms. The van der Waals surface area contributed by atoms with Gasteiger partial charge in [-0.3, -0.25) is 0 Å². The van der Waals surface area contributed by atoms with Crippen molar-refractivity contribution in [3.63, 3.8) is 0 Å². The third kappa shape index (κ3) is 2.75. The highest BCUT2D eigenvalue weighted by Crippen LogP contribution is 2.43. The Balaban J connectivity index is 2.17. The molecule has 0 N–H and O–H groups in total. The monoisotopic (exact) mass is 222 g/mol. The van der Waals surface area contributed by atoms with Gasteiger partial charge in [0, 0.05) is 5.02 Å². The van der Waals surface area contributed by atoms with Crippen LogP contribution in [0.3, 0.4) is 0 Å². The Labute approximate surface area is 97.6 Å². The van der Waals surface area contributed by atoms with Crippen LogP contribution >= 0.6 is 11.6 Å². The molecule has 1 aromatic rings. The molecule has 15 heavy (non-hydrogen) atoms. The lowest BCUT2D eigenvalue weighted by atomic mass is 9.70. The quantitative estimate of drug-likeness (QED) is 0.626. The maximum atomic E-state index is 6.04. The van der Waals surface area contributed by atoms with E-state index in [-0.39, 0.29) is 0 Å². The van der Waals surface area contributed by atoms with E-state index in [1.807, 2.05) is 6.07 Å². The summed E-state index contributed by atoms with van der Waals surface area (Å²) in [6.07, 6.45) is 5.34. The van der Waals surface area contributed by atoms with Gasteiger partial charge in [0.15, 0.2) is 0 Å². The van der Waals surface area contributed by atoms with Crippen LogP contribution in [0.4, 0.5) is 0 Å². The fourth-order valence-electron chi connectivity index (χ4n) is 2.74. The molecule has 0 radical (unpaired) electrons. The molecular weight excluding hydrogens is 204 g/mol. The highest BCUT2D eigenvalue weighted by Gasteiger charge is 2.28. The van der Waals surface area contributed by atoms with Gasteiger partial charge in [-0.2, -0.15) is 0 Å². The first kappa shape index (κ1) is 11.0. The molecule has 1 aliphatic rings. The van der Waals surface area contributed by atoms with Crippen LogP contribution in [0.25, 0.3) is 0 Å². The normalized spacial score (nSPS) is 25.1. The van der Waals surface area contributed by atoms with Crippen molar-refractivity contribution in [2.24, 2.45) is 5.41 Å². The summed E-state index contributed by atoms with van der Waals surface area (Å²) >= 11 is 6.04. The lowest BCUT2D eigenvalue weighted by molar-refractivity contribution is 0.219. The van der Waals surface area contributed by atoms with Gasteiger partial charge in [0.05, 0.1) is 0 Å². The van der Waals surface area contributed by atoms with E-state index in [1.165, 1.54) is 31.2 Å². The second kappa shape index (κ2) is 4.17. The smallest absolute Gasteiger partial charge is 0.0408 e. The van der Waals surface area contributed by atoms with Gasteiger partial charge >= 0.3 is 0 Å². The van der Waals surface area contributed by atoms with Crippen molar-refractivity contribution in [1.29, 1.82) is 0 Å². The molecule has 82 valence electrons. The lowest BCUT2D eigenvalue weighted by Gasteiger charge is -2.35. The van der Waals surface area contributed by atoms with Crippen LogP contribution in [0.15, 0.2) is 24.3 Å². The predicted octanol–water partition coefficient (Wildman–Crippen LogP) is 5.02. The van der Waals surface area contributed by atoms with E-state index >= 15 is 0 Å². The van der Waals surface area contributed by atoms with Gasteiger partial charge in [0.25, 0.3) is 0 Å². The fraction of sp³-hybridized carbons (Fsp3) is 0.571. The maximum Gasteiger partial charge on any atom is 0.0408 e. The Morgan fingerprint density at radius 2 is 2.13 bits per heavy atom. The Morgan fingerprint density at radius 3 is 2.80 bits per heavy atom. The molecule has 1 heteroatoms. The molecule has 0 heterocycles. The molecule has 0 nitrogen and oxygen atoms in total. The van der Waals surface area contributed by atoms with Crippen molar-refractivity contribution in [3.8, 4) is 0 Å². The summed E-state index contributed by atoms with van der Waals surface area (Å²) in [7, 11) is 0. The van der Waals surface area contributed by atoms with Crippen molar-refractivity contribution >= 4 is 11.6 Å². The van der Waals surface area contributed by atoms with Crippen LogP contribution in [0, 0.1) is 5.41 Å². The third-order valence-corrected chi connectivity index (χ3v) is 3.76. The zero-order valence-electron chi connectivity index (χ0n) is 9.59. The summed E-state index contributed by atoms with van der Waals surface area (Å²) in [5.74, 6) is 0.715. The lowest BCUT2D eigenvalue weighted by Crippen LogP contribution is -2.21. The average molecular weight is 223 g/mol. The number of halogens is 1. The number of benzene rings is 1. The minimum Gasteiger partial charge on any atom is -0.0843 e. The van der Waals surface area contributed by atoms with Crippen LogP contribution in [-0.4, -0.2) is 0 Å². The van der Waals surface area contributed by atoms with Gasteiger partial charge < -0.3 is 0 Å². The number of hydrogen-bond donors (Lipinski definition) is 0. The SMILES string of the molecule is CC1(C)CCCC(c2cccc(Cl)c2)C1. The number of hydrogen-bond acceptors (Lipinski definition) is 0. The summed E-state index contributed by atoms with van der Waals surface area (Å²) in [5, 5.41) is 0.871. The molecule has 2 rings (SSSR count). The van der Waals surface area contributed by atoms with Crippen molar-refractivity contribution in [2.45, 2.75) is 45.4 Å². The van der Waals surface area contributed by atoms with E-state index in [2.05, 4.69) is 32.0 Å². The minimum atomic E-state index is 0.505. The first-order chi connectivity index (χ1) is 7.07. The Hall–Kier alpha value is -0.490. The molecule has 0 saturated heterocycles. The largest absolute Gasteiger partial charge is 0.0843 e. The Kier molecular flexibility index (Phi) is 3.06. The Morgan fingerprint density at radius 1 is 1.33 bits per heavy atom. The standard InChI is InChI=1S/C14H19Cl/c1-14(2)8-4-6-12(10-14)11-5-3-7-13(15)9-11/h3,5,7,9,12H,4,6,8,10H2,1-2H3. The van der Waals surface area contributed by atoms with Crippen LogP contribution < -0.4 is 0 Å². The van der Waals surface area contributed by atoms with Gasteiger partial charge in [-0.05, 0) is 48.3 Å². The van der Waals surface area contributed by atoms with E-state index in [4.69, 9.17) is 11.6 Å². The van der Waals surface area contributed by atoms with Crippen molar-refractivity contribution < 1.29 is 0 Å². The van der Waals surface area contributed by atoms with Crippen molar-refractivity contribution in [1.82, 2.24) is 0 Å².